The fourth-order valence-electron chi connectivity index (χ4n) is 4.37. The van der Waals surface area contributed by atoms with Crippen LogP contribution in [0.25, 0.3) is 0 Å². The third-order valence-corrected chi connectivity index (χ3v) is 6.03. The zero-order valence-electron chi connectivity index (χ0n) is 17.0. The van der Waals surface area contributed by atoms with E-state index in [0.29, 0.717) is 19.2 Å². The van der Waals surface area contributed by atoms with E-state index in [-0.39, 0.29) is 11.8 Å². The monoisotopic (exact) mass is 373 g/mol. The molecule has 150 valence electrons. The molecule has 0 spiro atoms. The van der Waals surface area contributed by atoms with Gasteiger partial charge in [-0.2, -0.15) is 0 Å². The van der Waals surface area contributed by atoms with Crippen LogP contribution in [-0.4, -0.2) is 68.2 Å². The largest absolute Gasteiger partial charge is 0.383 e. The highest BCUT2D eigenvalue weighted by atomic mass is 16.5. The highest BCUT2D eigenvalue weighted by Gasteiger charge is 2.31. The fraction of sp³-hybridized carbons (Fsp3) is 0.682. The SMILES string of the molecule is COCCNC(=O)[C@H]1CCCN(C2CCN(Cc3ccc(C)cc3)CC2)C1. The second-order valence-corrected chi connectivity index (χ2v) is 8.11. The lowest BCUT2D eigenvalue weighted by Crippen LogP contribution is -2.50. The van der Waals surface area contributed by atoms with Gasteiger partial charge in [0.25, 0.3) is 0 Å². The number of carbonyl (C=O) groups is 1. The van der Waals surface area contributed by atoms with E-state index in [0.717, 1.165) is 45.6 Å². The minimum atomic E-state index is 0.140. The molecule has 0 unspecified atom stereocenters. The maximum atomic E-state index is 12.4. The van der Waals surface area contributed by atoms with Gasteiger partial charge in [0.15, 0.2) is 0 Å². The van der Waals surface area contributed by atoms with Gasteiger partial charge in [-0.1, -0.05) is 29.8 Å². The maximum absolute atomic E-state index is 12.4. The second kappa shape index (κ2) is 10.2. The number of hydrogen-bond donors (Lipinski definition) is 1. The zero-order chi connectivity index (χ0) is 19.1. The average Bonchev–Trinajstić information content (AvgIpc) is 2.70. The summed E-state index contributed by atoms with van der Waals surface area (Å²) in [5.41, 5.74) is 2.73. The van der Waals surface area contributed by atoms with Crippen LogP contribution < -0.4 is 5.32 Å². The van der Waals surface area contributed by atoms with Crippen LogP contribution in [0.4, 0.5) is 0 Å². The van der Waals surface area contributed by atoms with Crippen LogP contribution in [0, 0.1) is 12.8 Å². The molecule has 0 aromatic heterocycles. The number of nitrogens with one attached hydrogen (secondary N) is 1. The number of aryl methyl sites for hydroxylation is 1. The lowest BCUT2D eigenvalue weighted by atomic mass is 9.93. The highest BCUT2D eigenvalue weighted by molar-refractivity contribution is 5.78. The Bertz CT molecular complexity index is 582. The molecule has 2 heterocycles. The number of amides is 1. The van der Waals surface area contributed by atoms with E-state index >= 15 is 0 Å². The first-order valence-corrected chi connectivity index (χ1v) is 10.4. The molecule has 0 saturated carbocycles. The summed E-state index contributed by atoms with van der Waals surface area (Å²) in [7, 11) is 1.67. The van der Waals surface area contributed by atoms with Crippen LogP contribution in [-0.2, 0) is 16.1 Å². The van der Waals surface area contributed by atoms with Crippen LogP contribution in [0.1, 0.15) is 36.8 Å². The summed E-state index contributed by atoms with van der Waals surface area (Å²) in [5.74, 6) is 0.342. The van der Waals surface area contributed by atoms with E-state index in [2.05, 4.69) is 46.3 Å². The molecule has 5 heteroatoms. The zero-order valence-corrected chi connectivity index (χ0v) is 17.0. The van der Waals surface area contributed by atoms with E-state index in [1.165, 1.54) is 24.0 Å². The van der Waals surface area contributed by atoms with E-state index in [9.17, 15) is 4.79 Å². The Morgan fingerprint density at radius 2 is 1.89 bits per heavy atom. The summed E-state index contributed by atoms with van der Waals surface area (Å²) in [6.45, 7) is 8.76. The van der Waals surface area contributed by atoms with Gasteiger partial charge in [0.1, 0.15) is 0 Å². The lowest BCUT2D eigenvalue weighted by molar-refractivity contribution is -0.127. The average molecular weight is 374 g/mol. The Kier molecular flexibility index (Phi) is 7.68. The molecule has 5 nitrogen and oxygen atoms in total. The maximum Gasteiger partial charge on any atom is 0.224 e. The summed E-state index contributed by atoms with van der Waals surface area (Å²) >= 11 is 0. The predicted octanol–water partition coefficient (Wildman–Crippen LogP) is 2.43. The third-order valence-electron chi connectivity index (χ3n) is 6.03. The van der Waals surface area contributed by atoms with E-state index < -0.39 is 0 Å². The van der Waals surface area contributed by atoms with Crippen molar-refractivity contribution in [1.29, 1.82) is 0 Å². The van der Waals surface area contributed by atoms with Gasteiger partial charge in [-0.3, -0.25) is 14.6 Å². The molecule has 1 N–H and O–H groups in total. The van der Waals surface area contributed by atoms with Gasteiger partial charge in [-0.05, 0) is 57.8 Å². The predicted molar refractivity (Wildman–Crippen MR) is 109 cm³/mol. The number of methoxy groups -OCH3 is 1. The molecule has 1 aromatic rings. The van der Waals surface area contributed by atoms with E-state index in [1.807, 2.05) is 0 Å². The molecule has 1 atom stereocenters. The number of carbonyl (C=O) groups excluding carboxylic acids is 1. The molecule has 0 radical (unpaired) electrons. The van der Waals surface area contributed by atoms with E-state index in [1.54, 1.807) is 7.11 Å². The van der Waals surface area contributed by atoms with Crippen molar-refractivity contribution in [3.63, 3.8) is 0 Å². The van der Waals surface area contributed by atoms with Crippen molar-refractivity contribution < 1.29 is 9.53 Å². The number of benzene rings is 1. The Morgan fingerprint density at radius 1 is 1.15 bits per heavy atom. The molecule has 2 fully saturated rings. The first kappa shape index (κ1) is 20.3. The second-order valence-electron chi connectivity index (χ2n) is 8.11. The Balaban J connectivity index is 1.43. The molecular weight excluding hydrogens is 338 g/mol. The van der Waals surface area contributed by atoms with Crippen molar-refractivity contribution in [2.75, 3.05) is 46.4 Å². The number of hydrogen-bond acceptors (Lipinski definition) is 4. The summed E-state index contributed by atoms with van der Waals surface area (Å²) < 4.78 is 5.02. The molecule has 0 bridgehead atoms. The number of piperidine rings is 2. The molecule has 0 aliphatic carbocycles. The summed E-state index contributed by atoms with van der Waals surface area (Å²) in [5, 5.41) is 3.02. The summed E-state index contributed by atoms with van der Waals surface area (Å²) in [4.78, 5) is 17.5. The molecule has 2 saturated heterocycles. The van der Waals surface area contributed by atoms with Crippen LogP contribution in [0.15, 0.2) is 24.3 Å². The Hall–Kier alpha value is -1.43. The van der Waals surface area contributed by atoms with Gasteiger partial charge in [-0.15, -0.1) is 0 Å². The van der Waals surface area contributed by atoms with Crippen LogP contribution in [0.3, 0.4) is 0 Å². The number of ether oxygens (including phenoxy) is 1. The minimum Gasteiger partial charge on any atom is -0.383 e. The van der Waals surface area contributed by atoms with Crippen molar-refractivity contribution in [3.8, 4) is 0 Å². The lowest BCUT2D eigenvalue weighted by Gasteiger charge is -2.42. The molecular formula is C22H35N3O2. The first-order chi connectivity index (χ1) is 13.2. The van der Waals surface area contributed by atoms with Crippen molar-refractivity contribution in [1.82, 2.24) is 15.1 Å². The van der Waals surface area contributed by atoms with Crippen LogP contribution in [0.2, 0.25) is 0 Å². The quantitative estimate of drug-likeness (QED) is 0.746. The van der Waals surface area contributed by atoms with Crippen molar-refractivity contribution in [2.24, 2.45) is 5.92 Å². The number of nitrogens with zero attached hydrogens (tertiary/aromatic N) is 2. The standard InChI is InChI=1S/C22H35N3O2/c1-18-5-7-19(8-6-18)16-24-13-9-21(10-14-24)25-12-3-4-20(17-25)22(26)23-11-15-27-2/h5-8,20-21H,3-4,9-17H2,1-2H3,(H,23,26)/t20-/m0/s1. The van der Waals surface area contributed by atoms with Gasteiger partial charge in [0.05, 0.1) is 12.5 Å². The van der Waals surface area contributed by atoms with Gasteiger partial charge in [0.2, 0.25) is 5.91 Å². The summed E-state index contributed by atoms with van der Waals surface area (Å²) in [6, 6.07) is 9.53. The highest BCUT2D eigenvalue weighted by Crippen LogP contribution is 2.24. The van der Waals surface area contributed by atoms with Gasteiger partial charge in [-0.25, -0.2) is 0 Å². The topological polar surface area (TPSA) is 44.8 Å². The Morgan fingerprint density at radius 3 is 2.59 bits per heavy atom. The van der Waals surface area contributed by atoms with Crippen molar-refractivity contribution in [2.45, 2.75) is 45.2 Å². The third kappa shape index (κ3) is 6.03. The first-order valence-electron chi connectivity index (χ1n) is 10.4. The Labute approximate surface area is 164 Å². The van der Waals surface area contributed by atoms with Gasteiger partial charge in [0, 0.05) is 32.8 Å². The van der Waals surface area contributed by atoms with Gasteiger partial charge < -0.3 is 10.1 Å². The molecule has 1 amide bonds. The summed E-state index contributed by atoms with van der Waals surface area (Å²) in [6.07, 6.45) is 4.57. The van der Waals surface area contributed by atoms with Gasteiger partial charge >= 0.3 is 0 Å². The van der Waals surface area contributed by atoms with Crippen molar-refractivity contribution in [3.05, 3.63) is 35.4 Å². The number of likely N-dealkylation sites (tertiary alicyclic amines) is 2. The minimum absolute atomic E-state index is 0.140. The van der Waals surface area contributed by atoms with Crippen molar-refractivity contribution >= 4 is 5.91 Å². The number of rotatable bonds is 7. The fourth-order valence-corrected chi connectivity index (χ4v) is 4.37. The van der Waals surface area contributed by atoms with Crippen LogP contribution >= 0.6 is 0 Å². The molecule has 2 aliphatic rings. The molecule has 2 aliphatic heterocycles. The normalized spacial score (nSPS) is 22.7. The molecule has 27 heavy (non-hydrogen) atoms. The molecule has 3 rings (SSSR count). The van der Waals surface area contributed by atoms with E-state index in [4.69, 9.17) is 4.74 Å². The molecule has 1 aromatic carbocycles. The smallest absolute Gasteiger partial charge is 0.224 e. The van der Waals surface area contributed by atoms with Crippen LogP contribution in [0.5, 0.6) is 0 Å².